The quantitative estimate of drug-likeness (QED) is 0.622. The topological polar surface area (TPSA) is 30.9 Å². The van der Waals surface area contributed by atoms with E-state index in [2.05, 4.69) is 75.0 Å². The van der Waals surface area contributed by atoms with Gasteiger partial charge in [-0.25, -0.2) is 0 Å². The molecular weight excluding hydrogens is 340 g/mol. The minimum Gasteiger partial charge on any atom is -0.356 e. The van der Waals surface area contributed by atoms with Crippen molar-refractivity contribution in [2.75, 3.05) is 33.7 Å². The first-order valence-electron chi connectivity index (χ1n) is 9.45. The van der Waals surface area contributed by atoms with Crippen molar-refractivity contribution in [3.8, 4) is 0 Å². The summed E-state index contributed by atoms with van der Waals surface area (Å²) in [7, 11) is 3.97. The molecule has 1 aliphatic rings. The van der Waals surface area contributed by atoms with Gasteiger partial charge in [0.15, 0.2) is 5.96 Å². The molecule has 0 spiro atoms. The predicted octanol–water partition coefficient (Wildman–Crippen LogP) is 3.67. The Morgan fingerprint density at radius 2 is 1.96 bits per heavy atom. The van der Waals surface area contributed by atoms with Gasteiger partial charge in [-0.1, -0.05) is 36.4 Å². The number of likely N-dealkylation sites (tertiary alicyclic amines) is 1. The SMILES string of the molecule is CN=C(NCC1CCN(Cc2cccs2)CC1)N(C)Cc1ccccc1. The molecular formula is C21H30N4S. The molecule has 4 nitrogen and oxygen atoms in total. The highest BCUT2D eigenvalue weighted by Crippen LogP contribution is 2.20. The summed E-state index contributed by atoms with van der Waals surface area (Å²) in [6.07, 6.45) is 2.52. The number of nitrogens with one attached hydrogen (secondary N) is 1. The standard InChI is InChI=1S/C21H30N4S/c1-22-21(24(2)16-19-7-4-3-5-8-19)23-15-18-10-12-25(13-11-18)17-20-9-6-14-26-20/h3-9,14,18H,10-13,15-17H2,1-2H3,(H,22,23). The summed E-state index contributed by atoms with van der Waals surface area (Å²) in [6.45, 7) is 5.39. The van der Waals surface area contributed by atoms with Crippen molar-refractivity contribution in [1.29, 1.82) is 0 Å². The summed E-state index contributed by atoms with van der Waals surface area (Å²) >= 11 is 1.86. The highest BCUT2D eigenvalue weighted by Gasteiger charge is 2.20. The fraction of sp³-hybridized carbons (Fsp3) is 0.476. The van der Waals surface area contributed by atoms with Crippen molar-refractivity contribution >= 4 is 17.3 Å². The lowest BCUT2D eigenvalue weighted by molar-refractivity contribution is 0.179. The van der Waals surface area contributed by atoms with Gasteiger partial charge in [0, 0.05) is 38.6 Å². The van der Waals surface area contributed by atoms with Gasteiger partial charge in [-0.2, -0.15) is 0 Å². The molecule has 2 aromatic rings. The molecule has 1 fully saturated rings. The Labute approximate surface area is 161 Å². The molecule has 3 rings (SSSR count). The van der Waals surface area contributed by atoms with Crippen LogP contribution in [0.15, 0.2) is 52.8 Å². The summed E-state index contributed by atoms with van der Waals surface area (Å²) < 4.78 is 0. The highest BCUT2D eigenvalue weighted by atomic mass is 32.1. The Kier molecular flexibility index (Phi) is 7.09. The third-order valence-corrected chi connectivity index (χ3v) is 5.91. The normalized spacial score (nSPS) is 16.6. The third-order valence-electron chi connectivity index (χ3n) is 5.05. The van der Waals surface area contributed by atoms with Crippen molar-refractivity contribution in [3.63, 3.8) is 0 Å². The van der Waals surface area contributed by atoms with Crippen LogP contribution < -0.4 is 5.32 Å². The van der Waals surface area contributed by atoms with E-state index in [-0.39, 0.29) is 0 Å². The number of rotatable bonds is 6. The van der Waals surface area contributed by atoms with Crippen LogP contribution in [-0.2, 0) is 13.1 Å². The lowest BCUT2D eigenvalue weighted by Crippen LogP contribution is -2.43. The van der Waals surface area contributed by atoms with Crippen LogP contribution in [0.5, 0.6) is 0 Å². The Hall–Kier alpha value is -1.85. The molecule has 0 atom stereocenters. The van der Waals surface area contributed by atoms with Crippen LogP contribution in [0.25, 0.3) is 0 Å². The number of benzene rings is 1. The van der Waals surface area contributed by atoms with Crippen LogP contribution in [0.2, 0.25) is 0 Å². The van der Waals surface area contributed by atoms with E-state index in [1.807, 2.05) is 18.4 Å². The van der Waals surface area contributed by atoms with E-state index in [9.17, 15) is 0 Å². The zero-order valence-corrected chi connectivity index (χ0v) is 16.7. The summed E-state index contributed by atoms with van der Waals surface area (Å²) in [6, 6.07) is 14.9. The van der Waals surface area contributed by atoms with E-state index < -0.39 is 0 Å². The van der Waals surface area contributed by atoms with Gasteiger partial charge in [0.05, 0.1) is 0 Å². The fourth-order valence-electron chi connectivity index (χ4n) is 3.52. The number of hydrogen-bond donors (Lipinski definition) is 1. The molecule has 0 saturated carbocycles. The maximum atomic E-state index is 4.46. The minimum atomic E-state index is 0.733. The number of guanidine groups is 1. The van der Waals surface area contributed by atoms with Gasteiger partial charge < -0.3 is 10.2 Å². The van der Waals surface area contributed by atoms with Gasteiger partial charge in [0.2, 0.25) is 0 Å². The lowest BCUT2D eigenvalue weighted by atomic mass is 9.97. The number of aliphatic imine (C=N–C) groups is 1. The fourth-order valence-corrected chi connectivity index (χ4v) is 4.27. The van der Waals surface area contributed by atoms with E-state index in [0.717, 1.165) is 31.5 Å². The van der Waals surface area contributed by atoms with Gasteiger partial charge in [-0.15, -0.1) is 11.3 Å². The molecule has 140 valence electrons. The molecule has 1 aliphatic heterocycles. The van der Waals surface area contributed by atoms with Crippen molar-refractivity contribution < 1.29 is 0 Å². The molecule has 0 bridgehead atoms. The zero-order chi connectivity index (χ0) is 18.2. The predicted molar refractivity (Wildman–Crippen MR) is 112 cm³/mol. The van der Waals surface area contributed by atoms with Crippen LogP contribution >= 0.6 is 11.3 Å². The molecule has 26 heavy (non-hydrogen) atoms. The maximum Gasteiger partial charge on any atom is 0.193 e. The summed E-state index contributed by atoms with van der Waals surface area (Å²) in [5.41, 5.74) is 1.31. The average molecular weight is 371 g/mol. The molecule has 0 amide bonds. The minimum absolute atomic E-state index is 0.733. The van der Waals surface area contributed by atoms with Crippen LogP contribution in [0.1, 0.15) is 23.3 Å². The van der Waals surface area contributed by atoms with E-state index in [1.54, 1.807) is 0 Å². The van der Waals surface area contributed by atoms with Crippen molar-refractivity contribution in [1.82, 2.24) is 15.1 Å². The third kappa shape index (κ3) is 5.58. The van der Waals surface area contributed by atoms with Gasteiger partial charge in [0.1, 0.15) is 0 Å². The Morgan fingerprint density at radius 3 is 2.62 bits per heavy atom. The van der Waals surface area contributed by atoms with E-state index >= 15 is 0 Å². The van der Waals surface area contributed by atoms with E-state index in [1.165, 1.54) is 36.4 Å². The highest BCUT2D eigenvalue weighted by molar-refractivity contribution is 7.09. The van der Waals surface area contributed by atoms with Gasteiger partial charge in [-0.05, 0) is 48.9 Å². The van der Waals surface area contributed by atoms with Crippen LogP contribution in [0.3, 0.4) is 0 Å². The number of piperidine rings is 1. The monoisotopic (exact) mass is 370 g/mol. The molecule has 1 aromatic carbocycles. The van der Waals surface area contributed by atoms with E-state index in [0.29, 0.717) is 0 Å². The lowest BCUT2D eigenvalue weighted by Gasteiger charge is -2.32. The molecule has 2 heterocycles. The van der Waals surface area contributed by atoms with Crippen LogP contribution in [0, 0.1) is 5.92 Å². The first-order chi connectivity index (χ1) is 12.7. The Morgan fingerprint density at radius 1 is 1.19 bits per heavy atom. The van der Waals surface area contributed by atoms with Crippen molar-refractivity contribution in [3.05, 3.63) is 58.3 Å². The van der Waals surface area contributed by atoms with Crippen LogP contribution in [0.4, 0.5) is 0 Å². The van der Waals surface area contributed by atoms with Gasteiger partial charge >= 0.3 is 0 Å². The zero-order valence-electron chi connectivity index (χ0n) is 15.9. The average Bonchev–Trinajstić information content (AvgIpc) is 3.17. The molecule has 1 saturated heterocycles. The second-order valence-electron chi connectivity index (χ2n) is 7.07. The van der Waals surface area contributed by atoms with Crippen molar-refractivity contribution in [2.45, 2.75) is 25.9 Å². The molecule has 0 aliphatic carbocycles. The Balaban J connectivity index is 1.40. The number of hydrogen-bond acceptors (Lipinski definition) is 3. The molecule has 5 heteroatoms. The van der Waals surface area contributed by atoms with Gasteiger partial charge in [-0.3, -0.25) is 9.89 Å². The van der Waals surface area contributed by atoms with Gasteiger partial charge in [0.25, 0.3) is 0 Å². The first-order valence-corrected chi connectivity index (χ1v) is 10.3. The molecule has 1 N–H and O–H groups in total. The molecule has 1 aromatic heterocycles. The number of thiophene rings is 1. The first kappa shape index (κ1) is 18.9. The molecule has 0 radical (unpaired) electrons. The summed E-state index contributed by atoms with van der Waals surface area (Å²) in [5.74, 6) is 1.71. The Bertz CT molecular complexity index is 661. The summed E-state index contributed by atoms with van der Waals surface area (Å²) in [4.78, 5) is 10.7. The maximum absolute atomic E-state index is 4.46. The number of nitrogens with zero attached hydrogens (tertiary/aromatic N) is 3. The summed E-state index contributed by atoms with van der Waals surface area (Å²) in [5, 5.41) is 5.75. The second-order valence-corrected chi connectivity index (χ2v) is 8.10. The molecule has 0 unspecified atom stereocenters. The van der Waals surface area contributed by atoms with Crippen molar-refractivity contribution in [2.24, 2.45) is 10.9 Å². The van der Waals surface area contributed by atoms with E-state index in [4.69, 9.17) is 0 Å². The second kappa shape index (κ2) is 9.74. The smallest absolute Gasteiger partial charge is 0.193 e. The van der Waals surface area contributed by atoms with Crippen LogP contribution in [-0.4, -0.2) is 49.5 Å². The largest absolute Gasteiger partial charge is 0.356 e.